The number of rotatable bonds is 12. The highest BCUT2D eigenvalue weighted by Crippen LogP contribution is 2.24. The number of aryl methyl sites for hydroxylation is 1. The van der Waals surface area contributed by atoms with Gasteiger partial charge in [-0.05, 0) is 50.8 Å². The lowest BCUT2D eigenvalue weighted by Crippen LogP contribution is -2.49. The van der Waals surface area contributed by atoms with Gasteiger partial charge in [-0.25, -0.2) is 8.42 Å². The van der Waals surface area contributed by atoms with Crippen LogP contribution in [-0.4, -0.2) is 57.1 Å². The molecule has 2 aromatic rings. The van der Waals surface area contributed by atoms with E-state index in [4.69, 9.17) is 4.74 Å². The van der Waals surface area contributed by atoms with E-state index in [0.29, 0.717) is 24.4 Å². The van der Waals surface area contributed by atoms with Gasteiger partial charge in [-0.1, -0.05) is 48.7 Å². The smallest absolute Gasteiger partial charge is 0.242 e. The summed E-state index contributed by atoms with van der Waals surface area (Å²) in [4.78, 5) is 28.1. The largest absolute Gasteiger partial charge is 0.497 e. The van der Waals surface area contributed by atoms with Crippen LogP contribution in [0.25, 0.3) is 0 Å². The van der Waals surface area contributed by atoms with Crippen molar-refractivity contribution >= 4 is 27.5 Å². The minimum atomic E-state index is -3.57. The topological polar surface area (TPSA) is 96.0 Å². The lowest BCUT2D eigenvalue weighted by atomic mass is 10.1. The molecule has 2 aromatic carbocycles. The Morgan fingerprint density at radius 2 is 1.78 bits per heavy atom. The summed E-state index contributed by atoms with van der Waals surface area (Å²) >= 11 is 0. The predicted octanol–water partition coefficient (Wildman–Crippen LogP) is 4.03. The van der Waals surface area contributed by atoms with Crippen molar-refractivity contribution in [1.82, 2.24) is 10.2 Å². The molecule has 202 valence electrons. The number of sulfonamides is 1. The molecule has 3 rings (SSSR count). The molecule has 0 unspecified atom stereocenters. The quantitative estimate of drug-likeness (QED) is 0.448. The maximum absolute atomic E-state index is 13.4. The number of carbonyl (C=O) groups excluding carboxylic acids is 2. The summed E-state index contributed by atoms with van der Waals surface area (Å²) in [6.07, 6.45) is 5.72. The van der Waals surface area contributed by atoms with E-state index < -0.39 is 16.1 Å². The van der Waals surface area contributed by atoms with Crippen molar-refractivity contribution in [1.29, 1.82) is 0 Å². The first-order valence-electron chi connectivity index (χ1n) is 12.9. The van der Waals surface area contributed by atoms with Gasteiger partial charge in [0.15, 0.2) is 0 Å². The first-order valence-corrected chi connectivity index (χ1v) is 14.7. The standard InChI is InChI=1S/C28H39N3O5S/c1-21-14-16-23(17-15-21)20-30(22(2)28(33)29-24-9-5-6-10-24)27(32)13-8-18-31(37(4,34)35)25-11-7-12-26(19-25)36-3/h7,11-12,14-17,19,22,24H,5-6,8-10,13,18,20H2,1-4H3,(H,29,33)/t22-/m1/s1. The van der Waals surface area contributed by atoms with Crippen molar-refractivity contribution in [3.8, 4) is 5.75 Å². The molecule has 0 saturated heterocycles. The number of methoxy groups -OCH3 is 1. The van der Waals surface area contributed by atoms with Crippen LogP contribution in [0.2, 0.25) is 0 Å². The molecule has 1 aliphatic carbocycles. The van der Waals surface area contributed by atoms with Crippen molar-refractivity contribution in [2.24, 2.45) is 0 Å². The van der Waals surface area contributed by atoms with Crippen LogP contribution in [0.3, 0.4) is 0 Å². The van der Waals surface area contributed by atoms with Gasteiger partial charge in [-0.2, -0.15) is 0 Å². The number of hydrogen-bond donors (Lipinski definition) is 1. The van der Waals surface area contributed by atoms with Crippen LogP contribution in [0.5, 0.6) is 5.75 Å². The molecule has 1 fully saturated rings. The molecule has 0 bridgehead atoms. The predicted molar refractivity (Wildman–Crippen MR) is 146 cm³/mol. The van der Waals surface area contributed by atoms with Gasteiger partial charge in [-0.3, -0.25) is 13.9 Å². The molecule has 0 aromatic heterocycles. The van der Waals surface area contributed by atoms with Crippen molar-refractivity contribution in [3.05, 3.63) is 59.7 Å². The van der Waals surface area contributed by atoms with E-state index in [1.165, 1.54) is 11.4 Å². The molecule has 9 heteroatoms. The van der Waals surface area contributed by atoms with Gasteiger partial charge in [-0.15, -0.1) is 0 Å². The lowest BCUT2D eigenvalue weighted by Gasteiger charge is -2.30. The second-order valence-electron chi connectivity index (χ2n) is 9.81. The fourth-order valence-electron chi connectivity index (χ4n) is 4.63. The molecule has 0 heterocycles. The van der Waals surface area contributed by atoms with E-state index in [2.05, 4.69) is 5.32 Å². The summed E-state index contributed by atoms with van der Waals surface area (Å²) < 4.78 is 31.5. The second kappa shape index (κ2) is 12.9. The number of benzene rings is 2. The summed E-state index contributed by atoms with van der Waals surface area (Å²) in [5.41, 5.74) is 2.54. The molecular weight excluding hydrogens is 490 g/mol. The summed E-state index contributed by atoms with van der Waals surface area (Å²) in [5.74, 6) is 0.212. The highest BCUT2D eigenvalue weighted by Gasteiger charge is 2.28. The number of nitrogens with one attached hydrogen (secondary N) is 1. The Morgan fingerprint density at radius 1 is 1.11 bits per heavy atom. The number of anilines is 1. The zero-order chi connectivity index (χ0) is 27.0. The molecule has 8 nitrogen and oxygen atoms in total. The summed E-state index contributed by atoms with van der Waals surface area (Å²) in [5, 5.41) is 3.10. The van der Waals surface area contributed by atoms with E-state index in [1.54, 1.807) is 36.1 Å². The maximum Gasteiger partial charge on any atom is 0.242 e. The van der Waals surface area contributed by atoms with E-state index in [9.17, 15) is 18.0 Å². The summed E-state index contributed by atoms with van der Waals surface area (Å²) in [6, 6.07) is 14.2. The van der Waals surface area contributed by atoms with Gasteiger partial charge >= 0.3 is 0 Å². The van der Waals surface area contributed by atoms with Crippen LogP contribution >= 0.6 is 0 Å². The molecule has 1 saturated carbocycles. The van der Waals surface area contributed by atoms with Crippen LogP contribution in [0.1, 0.15) is 56.6 Å². The van der Waals surface area contributed by atoms with Crippen LogP contribution in [0.15, 0.2) is 48.5 Å². The number of ether oxygens (including phenoxy) is 1. The molecular formula is C28H39N3O5S. The SMILES string of the molecule is COc1cccc(N(CCCC(=O)N(Cc2ccc(C)cc2)[C@H](C)C(=O)NC2CCCC2)S(C)(=O)=O)c1. The number of nitrogens with zero attached hydrogens (tertiary/aromatic N) is 2. The molecule has 1 N–H and O–H groups in total. The van der Waals surface area contributed by atoms with Gasteiger partial charge in [0.25, 0.3) is 0 Å². The fourth-order valence-corrected chi connectivity index (χ4v) is 5.59. The Balaban J connectivity index is 1.71. The highest BCUT2D eigenvalue weighted by molar-refractivity contribution is 7.92. The molecule has 0 spiro atoms. The third-order valence-corrected chi connectivity index (χ3v) is 8.03. The van der Waals surface area contributed by atoms with Crippen molar-refractivity contribution in [2.75, 3.05) is 24.2 Å². The zero-order valence-electron chi connectivity index (χ0n) is 22.3. The van der Waals surface area contributed by atoms with Crippen LogP contribution in [0, 0.1) is 6.92 Å². The van der Waals surface area contributed by atoms with Gasteiger partial charge in [0, 0.05) is 31.6 Å². The first-order chi connectivity index (χ1) is 17.6. The minimum absolute atomic E-state index is 0.114. The van der Waals surface area contributed by atoms with Crippen molar-refractivity contribution in [3.63, 3.8) is 0 Å². The molecule has 1 atom stereocenters. The Hall–Kier alpha value is -3.07. The molecule has 0 radical (unpaired) electrons. The number of hydrogen-bond acceptors (Lipinski definition) is 5. The van der Waals surface area contributed by atoms with Crippen LogP contribution in [0.4, 0.5) is 5.69 Å². The van der Waals surface area contributed by atoms with E-state index >= 15 is 0 Å². The minimum Gasteiger partial charge on any atom is -0.497 e. The summed E-state index contributed by atoms with van der Waals surface area (Å²) in [7, 11) is -2.05. The maximum atomic E-state index is 13.4. The van der Waals surface area contributed by atoms with Crippen molar-refractivity contribution < 1.29 is 22.7 Å². The number of carbonyl (C=O) groups is 2. The Morgan fingerprint density at radius 3 is 2.41 bits per heavy atom. The normalized spacial score (nSPS) is 14.7. The average Bonchev–Trinajstić information content (AvgIpc) is 3.38. The van der Waals surface area contributed by atoms with Crippen LogP contribution in [-0.2, 0) is 26.2 Å². The molecule has 37 heavy (non-hydrogen) atoms. The lowest BCUT2D eigenvalue weighted by molar-refractivity contribution is -0.141. The van der Waals surface area contributed by atoms with Gasteiger partial charge < -0.3 is 15.0 Å². The molecule has 1 aliphatic rings. The third kappa shape index (κ3) is 8.21. The Bertz CT molecular complexity index is 1160. The van der Waals surface area contributed by atoms with Gasteiger partial charge in [0.2, 0.25) is 21.8 Å². The highest BCUT2D eigenvalue weighted by atomic mass is 32.2. The Kier molecular flexibility index (Phi) is 9.97. The van der Waals surface area contributed by atoms with E-state index in [0.717, 1.165) is 43.1 Å². The van der Waals surface area contributed by atoms with E-state index in [-0.39, 0.29) is 30.8 Å². The van der Waals surface area contributed by atoms with Crippen molar-refractivity contribution in [2.45, 2.75) is 71.0 Å². The van der Waals surface area contributed by atoms with E-state index in [1.807, 2.05) is 31.2 Å². The zero-order valence-corrected chi connectivity index (χ0v) is 23.1. The van der Waals surface area contributed by atoms with Gasteiger partial charge in [0.05, 0.1) is 19.1 Å². The molecule has 2 amide bonds. The van der Waals surface area contributed by atoms with Crippen LogP contribution < -0.4 is 14.4 Å². The average molecular weight is 530 g/mol. The number of amides is 2. The Labute approximate surface area is 221 Å². The van der Waals surface area contributed by atoms with Gasteiger partial charge in [0.1, 0.15) is 11.8 Å². The molecule has 0 aliphatic heterocycles. The third-order valence-electron chi connectivity index (χ3n) is 6.84. The summed E-state index contributed by atoms with van der Waals surface area (Å²) in [6.45, 7) is 4.21. The monoisotopic (exact) mass is 529 g/mol. The second-order valence-corrected chi connectivity index (χ2v) is 11.7. The fraction of sp³-hybridized carbons (Fsp3) is 0.500. The first kappa shape index (κ1) is 28.5.